The Kier molecular flexibility index (Phi) is 15.8. The summed E-state index contributed by atoms with van der Waals surface area (Å²) in [6.07, 6.45) is 0. The Labute approximate surface area is 754 Å². The highest BCUT2D eigenvalue weighted by atomic mass is 32.2. The van der Waals surface area contributed by atoms with Crippen LogP contribution in [-0.4, -0.2) is 18.3 Å². The van der Waals surface area contributed by atoms with E-state index in [0.717, 1.165) is 0 Å². The highest BCUT2D eigenvalue weighted by molar-refractivity contribution is 7.47. The standard InChI is InChI=1S/C54H34N2S6.C50H30N2S8/c1-27-7-17-37(18-8-27)55-43-47-41(25-39(57-47)35-15-13-31-21-29(3)5-11-33(31)23-35)59-49(43)51-45(55)53-54(61-51)46-52(62-53)50-44(56(46)38-19-9-28(2)10-20-38)48-42(60-50)26-40(58-48)36-16-14-32-22-30(4)6-12-34(32)24-36;1-23-5-13-27(14-6-23)31-21-33-39(53-31)49-47(55-33)37-45(59-49)43-35(51(37)29-17-9-25(3)10-18-29)41-42(57-43)36-44(58-41)46-38(52(36)30-19-11-26(4)12-20-30)48-50(60-46)40-34(56-48)22-32(54-40)28-15-7-24(2)8-16-28/h5-26H,1-4H3;5-22H,1-4H3. The molecule has 0 aliphatic heterocycles. The molecule has 0 radical (unpaired) electrons. The van der Waals surface area contributed by atoms with Gasteiger partial charge >= 0.3 is 0 Å². The van der Waals surface area contributed by atoms with Crippen LogP contribution < -0.4 is 0 Å². The van der Waals surface area contributed by atoms with E-state index in [-0.39, 0.29) is 0 Å². The number of aryl methyl sites for hydroxylation is 8. The van der Waals surface area contributed by atoms with Gasteiger partial charge in [-0.3, -0.25) is 0 Å². The minimum Gasteiger partial charge on any atom is -0.305 e. The van der Waals surface area contributed by atoms with Gasteiger partial charge in [0.05, 0.1) is 138 Å². The van der Waals surface area contributed by atoms with Crippen molar-refractivity contribution in [3.05, 3.63) is 287 Å². The van der Waals surface area contributed by atoms with E-state index < -0.39 is 0 Å². The smallest absolute Gasteiger partial charge is 0.0838 e. The molecular formula is C104H64N4S14. The Morgan fingerprint density at radius 3 is 0.639 bits per heavy atom. The summed E-state index contributed by atoms with van der Waals surface area (Å²) in [5, 5.41) is 5.18. The predicted molar refractivity (Wildman–Crippen MR) is 555 cm³/mol. The summed E-state index contributed by atoms with van der Waals surface area (Å²) in [6.45, 7) is 17.4. The van der Waals surface area contributed by atoms with Crippen LogP contribution in [0.2, 0.25) is 0 Å². The first kappa shape index (κ1) is 72.3. The zero-order chi connectivity index (χ0) is 80.8. The summed E-state index contributed by atoms with van der Waals surface area (Å²) < 4.78 is 44.1. The van der Waals surface area contributed by atoms with Gasteiger partial charge in [0.2, 0.25) is 0 Å². The van der Waals surface area contributed by atoms with Crippen molar-refractivity contribution >= 4 is 337 Å². The maximum absolute atomic E-state index is 2.63. The van der Waals surface area contributed by atoms with Crippen molar-refractivity contribution in [3.8, 4) is 64.5 Å². The van der Waals surface area contributed by atoms with E-state index in [9.17, 15) is 0 Å². The van der Waals surface area contributed by atoms with E-state index in [2.05, 4.69) is 316 Å². The molecule has 0 aliphatic carbocycles. The number of hydrogen-bond acceptors (Lipinski definition) is 14. The molecule has 18 heterocycles. The maximum atomic E-state index is 2.63. The Balaban J connectivity index is 0.000000128. The van der Waals surface area contributed by atoms with E-state index in [1.165, 1.54) is 287 Å². The molecule has 18 heteroatoms. The molecule has 0 spiro atoms. The lowest BCUT2D eigenvalue weighted by Crippen LogP contribution is -1.93. The van der Waals surface area contributed by atoms with Gasteiger partial charge < -0.3 is 18.3 Å². The van der Waals surface area contributed by atoms with Gasteiger partial charge in [-0.1, -0.05) is 202 Å². The molecule has 4 nitrogen and oxygen atoms in total. The number of rotatable bonds is 8. The summed E-state index contributed by atoms with van der Waals surface area (Å²) in [7, 11) is 0. The van der Waals surface area contributed by atoms with E-state index in [0.29, 0.717) is 0 Å². The summed E-state index contributed by atoms with van der Waals surface area (Å²) in [4.78, 5) is 5.36. The van der Waals surface area contributed by atoms with Crippen LogP contribution in [0.1, 0.15) is 44.5 Å². The summed E-state index contributed by atoms with van der Waals surface area (Å²) >= 11 is 27.7. The average molecular weight is 1820 g/mol. The molecule has 0 unspecified atom stereocenters. The quantitative estimate of drug-likeness (QED) is 0.144. The second kappa shape index (κ2) is 26.7. The predicted octanol–water partition coefficient (Wildman–Crippen LogP) is 37.3. The fourth-order valence-electron chi connectivity index (χ4n) is 18.5. The third-order valence-corrected chi connectivity index (χ3v) is 43.0. The molecule has 18 aromatic heterocycles. The second-order valence-corrected chi connectivity index (χ2v) is 47.4. The molecule has 0 atom stereocenters. The molecule has 28 rings (SSSR count). The molecule has 0 amide bonds. The minimum atomic E-state index is 1.23. The van der Waals surface area contributed by atoms with E-state index >= 15 is 0 Å². The van der Waals surface area contributed by atoms with Gasteiger partial charge in [-0.05, 0) is 184 Å². The van der Waals surface area contributed by atoms with Gasteiger partial charge in [0, 0.05) is 61.1 Å². The van der Waals surface area contributed by atoms with Crippen LogP contribution in [0.3, 0.4) is 0 Å². The van der Waals surface area contributed by atoms with Gasteiger partial charge in [0.25, 0.3) is 0 Å². The monoisotopic (exact) mass is 1820 g/mol. The lowest BCUT2D eigenvalue weighted by molar-refractivity contribution is 1.19. The Bertz CT molecular complexity index is 8790. The van der Waals surface area contributed by atoms with Crippen LogP contribution in [-0.2, 0) is 0 Å². The lowest BCUT2D eigenvalue weighted by Gasteiger charge is -2.08. The van der Waals surface area contributed by atoms with Crippen LogP contribution in [0.15, 0.2) is 243 Å². The first-order chi connectivity index (χ1) is 59.6. The number of thiophene rings is 14. The number of fused-ring (bicyclic) bond motifs is 32. The van der Waals surface area contributed by atoms with Crippen molar-refractivity contribution in [2.75, 3.05) is 0 Å². The minimum absolute atomic E-state index is 1.23. The van der Waals surface area contributed by atoms with E-state index in [4.69, 9.17) is 0 Å². The molecule has 0 bridgehead atoms. The molecule has 0 N–H and O–H groups in total. The van der Waals surface area contributed by atoms with Gasteiger partial charge in [0.1, 0.15) is 0 Å². The highest BCUT2D eigenvalue weighted by Crippen LogP contribution is 2.62. The zero-order valence-electron chi connectivity index (χ0n) is 66.6. The van der Waals surface area contributed by atoms with Gasteiger partial charge in [0.15, 0.2) is 0 Å². The lowest BCUT2D eigenvalue weighted by atomic mass is 10.0. The van der Waals surface area contributed by atoms with Crippen LogP contribution in [0.4, 0.5) is 0 Å². The molecule has 28 aromatic rings. The average Bonchev–Trinajstić information content (AvgIpc) is 1.51. The summed E-state index contributed by atoms with van der Waals surface area (Å²) in [6, 6.07) is 91.9. The molecule has 0 saturated carbocycles. The summed E-state index contributed by atoms with van der Waals surface area (Å²) in [5.74, 6) is 0. The van der Waals surface area contributed by atoms with Crippen molar-refractivity contribution in [1.82, 2.24) is 18.3 Å². The summed E-state index contributed by atoms with van der Waals surface area (Å²) in [5.41, 5.74) is 31.3. The first-order valence-electron chi connectivity index (χ1n) is 40.6. The van der Waals surface area contributed by atoms with E-state index in [1.807, 2.05) is 159 Å². The topological polar surface area (TPSA) is 19.7 Å². The van der Waals surface area contributed by atoms with Crippen molar-refractivity contribution in [2.45, 2.75) is 55.4 Å². The SMILES string of the molecule is Cc1ccc(-c2cc3sc4c(sc5c6sc7c(sc8c9sc%10c%11sc(-c%12ccc(C)cc%12)cc%11sc%10c9n(-c9ccc(C)cc9)c87)c6n(-c6ccc(C)cc6)c45)c3s2)cc1.Cc1ccc(-n2c3c4sc(-c5ccc6cc(C)ccc6c5)cc4sc3c3sc4c(sc5c6sc7cc(-c8ccc9cc(C)ccc9c8)sc7c6n(-c6ccc(C)cc6)c54)c32)cc1. The first-order valence-corrected chi connectivity index (χ1v) is 52.0. The van der Waals surface area contributed by atoms with Crippen LogP contribution in [0, 0.1) is 55.4 Å². The van der Waals surface area contributed by atoms with Gasteiger partial charge in [-0.15, -0.1) is 159 Å². The molecule has 122 heavy (non-hydrogen) atoms. The second-order valence-electron chi connectivity index (χ2n) is 32.8. The molecule has 0 saturated heterocycles. The van der Waals surface area contributed by atoms with Crippen LogP contribution in [0.25, 0.3) is 243 Å². The number of hydrogen-bond donors (Lipinski definition) is 0. The number of nitrogens with zero attached hydrogens (tertiary/aromatic N) is 4. The fraction of sp³-hybridized carbons (Fsp3) is 0.0769. The van der Waals surface area contributed by atoms with Crippen molar-refractivity contribution in [2.24, 2.45) is 0 Å². The van der Waals surface area contributed by atoms with Crippen molar-refractivity contribution in [3.63, 3.8) is 0 Å². The normalized spacial score (nSPS) is 12.6. The molecule has 0 fully saturated rings. The molecule has 10 aromatic carbocycles. The Morgan fingerprint density at radius 2 is 0.344 bits per heavy atom. The molecule has 0 aliphatic rings. The van der Waals surface area contributed by atoms with Gasteiger partial charge in [-0.25, -0.2) is 0 Å². The maximum Gasteiger partial charge on any atom is 0.0838 e. The Hall–Kier alpha value is -10.2. The molecular weight excluding hydrogens is 1750 g/mol. The van der Waals surface area contributed by atoms with E-state index in [1.54, 1.807) is 0 Å². The Morgan fingerprint density at radius 1 is 0.148 bits per heavy atom. The van der Waals surface area contributed by atoms with Crippen molar-refractivity contribution < 1.29 is 0 Å². The van der Waals surface area contributed by atoms with Crippen LogP contribution >= 0.6 is 159 Å². The zero-order valence-corrected chi connectivity index (χ0v) is 78.0. The number of aromatic nitrogens is 4. The number of benzene rings is 10. The highest BCUT2D eigenvalue weighted by Gasteiger charge is 2.34. The fourth-order valence-corrected chi connectivity index (χ4v) is 38.3. The van der Waals surface area contributed by atoms with Gasteiger partial charge in [-0.2, -0.15) is 0 Å². The van der Waals surface area contributed by atoms with Crippen LogP contribution in [0.5, 0.6) is 0 Å². The third-order valence-electron chi connectivity index (χ3n) is 24.6. The van der Waals surface area contributed by atoms with Crippen molar-refractivity contribution in [1.29, 1.82) is 0 Å². The molecule has 584 valence electrons. The largest absolute Gasteiger partial charge is 0.305 e. The third kappa shape index (κ3) is 10.6.